The summed E-state index contributed by atoms with van der Waals surface area (Å²) in [6.07, 6.45) is 0.873. The molecule has 0 saturated carbocycles. The van der Waals surface area contributed by atoms with Gasteiger partial charge in [0.1, 0.15) is 12.4 Å². The number of methoxy groups -OCH3 is 1. The first-order chi connectivity index (χ1) is 13.6. The van der Waals surface area contributed by atoms with Gasteiger partial charge in [-0.2, -0.15) is 0 Å². The van der Waals surface area contributed by atoms with E-state index in [4.69, 9.17) is 9.47 Å². The minimum atomic E-state index is -0.203. The Labute approximate surface area is 164 Å². The third kappa shape index (κ3) is 3.57. The highest BCUT2D eigenvalue weighted by atomic mass is 19.1. The monoisotopic (exact) mass is 383 g/mol. The van der Waals surface area contributed by atoms with Crippen molar-refractivity contribution in [1.82, 2.24) is 15.2 Å². The number of nitrogens with zero attached hydrogens (tertiary/aromatic N) is 1. The van der Waals surface area contributed by atoms with Crippen LogP contribution in [0.1, 0.15) is 22.9 Å². The van der Waals surface area contributed by atoms with Crippen LogP contribution in [0.25, 0.3) is 10.9 Å². The summed E-state index contributed by atoms with van der Waals surface area (Å²) in [4.78, 5) is 5.56. The maximum atomic E-state index is 13.7. The lowest BCUT2D eigenvalue weighted by Gasteiger charge is -2.25. The summed E-state index contributed by atoms with van der Waals surface area (Å²) in [5, 5.41) is 4.54. The fourth-order valence-electron chi connectivity index (χ4n) is 3.81. The van der Waals surface area contributed by atoms with Gasteiger partial charge in [-0.1, -0.05) is 6.07 Å². The van der Waals surface area contributed by atoms with Crippen LogP contribution in [-0.4, -0.2) is 50.8 Å². The Morgan fingerprint density at radius 2 is 2.00 bits per heavy atom. The highest BCUT2D eigenvalue weighted by molar-refractivity contribution is 5.85. The van der Waals surface area contributed by atoms with Gasteiger partial charge in [-0.25, -0.2) is 4.39 Å². The van der Waals surface area contributed by atoms with E-state index in [9.17, 15) is 4.39 Å². The van der Waals surface area contributed by atoms with Gasteiger partial charge in [-0.15, -0.1) is 0 Å². The topological polar surface area (TPSA) is 49.5 Å². The third-order valence-corrected chi connectivity index (χ3v) is 5.23. The van der Waals surface area contributed by atoms with Gasteiger partial charge in [0.05, 0.1) is 13.2 Å². The fourth-order valence-corrected chi connectivity index (χ4v) is 3.81. The highest BCUT2D eigenvalue weighted by Crippen LogP contribution is 2.37. The molecule has 1 atom stereocenters. The number of hydrogen-bond acceptors (Lipinski definition) is 4. The highest BCUT2D eigenvalue weighted by Gasteiger charge is 2.26. The van der Waals surface area contributed by atoms with E-state index in [1.807, 2.05) is 32.3 Å². The summed E-state index contributed by atoms with van der Waals surface area (Å²) in [5.41, 5.74) is 4.33. The van der Waals surface area contributed by atoms with E-state index in [1.54, 1.807) is 13.2 Å². The number of likely N-dealkylation sites (N-methyl/N-ethyl adjacent to an activating group) is 1. The third-order valence-electron chi connectivity index (χ3n) is 5.23. The lowest BCUT2D eigenvalue weighted by atomic mass is 9.94. The van der Waals surface area contributed by atoms with E-state index in [1.165, 1.54) is 11.6 Å². The number of H-pyrrole nitrogens is 1. The molecule has 0 aliphatic carbocycles. The summed E-state index contributed by atoms with van der Waals surface area (Å²) in [6, 6.07) is 11.0. The number of aromatic amines is 1. The maximum Gasteiger partial charge on any atom is 0.161 e. The average molecular weight is 383 g/mol. The van der Waals surface area contributed by atoms with Crippen molar-refractivity contribution in [3.05, 3.63) is 59.0 Å². The summed E-state index contributed by atoms with van der Waals surface area (Å²) >= 11 is 0. The first-order valence-electron chi connectivity index (χ1n) is 9.55. The van der Waals surface area contributed by atoms with Crippen LogP contribution in [0.15, 0.2) is 36.4 Å². The second-order valence-corrected chi connectivity index (χ2v) is 7.41. The molecule has 1 aliphatic rings. The zero-order valence-corrected chi connectivity index (χ0v) is 16.5. The van der Waals surface area contributed by atoms with Crippen molar-refractivity contribution in [2.45, 2.75) is 12.5 Å². The number of rotatable bonds is 6. The largest absolute Gasteiger partial charge is 0.493 e. The molecule has 5 nitrogen and oxygen atoms in total. The Kier molecular flexibility index (Phi) is 5.24. The molecule has 1 aliphatic heterocycles. The number of halogens is 1. The number of benzene rings is 2. The molecule has 1 aromatic heterocycles. The van der Waals surface area contributed by atoms with Crippen molar-refractivity contribution in [2.75, 3.05) is 40.9 Å². The van der Waals surface area contributed by atoms with Crippen LogP contribution in [0.3, 0.4) is 0 Å². The van der Waals surface area contributed by atoms with E-state index < -0.39 is 0 Å². The SMILES string of the molecule is COc1cc(C2NCCc3c2[nH]c2ccc(F)cc32)ccc1OCCN(C)C. The predicted octanol–water partition coefficient (Wildman–Crippen LogP) is 3.49. The Balaban J connectivity index is 1.66. The zero-order chi connectivity index (χ0) is 19.7. The van der Waals surface area contributed by atoms with Crippen LogP contribution in [-0.2, 0) is 6.42 Å². The Morgan fingerprint density at radius 3 is 2.79 bits per heavy atom. The second kappa shape index (κ2) is 7.81. The summed E-state index contributed by atoms with van der Waals surface area (Å²) < 4.78 is 25.2. The molecular weight excluding hydrogens is 357 g/mol. The summed E-state index contributed by atoms with van der Waals surface area (Å²) in [5.74, 6) is 1.25. The van der Waals surface area contributed by atoms with Crippen molar-refractivity contribution in [2.24, 2.45) is 0 Å². The minimum absolute atomic E-state index is 0.00364. The molecule has 1 unspecified atom stereocenters. The van der Waals surface area contributed by atoms with E-state index in [2.05, 4.69) is 21.3 Å². The number of ether oxygens (including phenoxy) is 2. The average Bonchev–Trinajstić information content (AvgIpc) is 3.06. The molecule has 6 heteroatoms. The molecule has 148 valence electrons. The molecular formula is C22H26FN3O2. The van der Waals surface area contributed by atoms with Gasteiger partial charge < -0.3 is 24.7 Å². The summed E-state index contributed by atoms with van der Waals surface area (Å²) in [6.45, 7) is 2.27. The van der Waals surface area contributed by atoms with E-state index in [0.717, 1.165) is 47.4 Å². The molecule has 2 heterocycles. The second-order valence-electron chi connectivity index (χ2n) is 7.41. The smallest absolute Gasteiger partial charge is 0.161 e. The van der Waals surface area contributed by atoms with E-state index in [-0.39, 0.29) is 11.9 Å². The van der Waals surface area contributed by atoms with E-state index in [0.29, 0.717) is 12.4 Å². The molecule has 3 aromatic rings. The van der Waals surface area contributed by atoms with Gasteiger partial charge in [0, 0.05) is 29.7 Å². The molecule has 0 amide bonds. The standard InChI is InChI=1S/C22H26FN3O2/c1-26(2)10-11-28-19-7-4-14(12-20(19)27-3)21-22-16(8-9-24-21)17-13-15(23)5-6-18(17)25-22/h4-7,12-13,21,24-25H,8-11H2,1-3H3. The summed E-state index contributed by atoms with van der Waals surface area (Å²) in [7, 11) is 5.69. The van der Waals surface area contributed by atoms with Gasteiger partial charge in [-0.3, -0.25) is 0 Å². The molecule has 4 rings (SSSR count). The normalized spacial score (nSPS) is 16.4. The molecule has 0 bridgehead atoms. The van der Waals surface area contributed by atoms with Crippen molar-refractivity contribution in [1.29, 1.82) is 0 Å². The molecule has 2 aromatic carbocycles. The number of fused-ring (bicyclic) bond motifs is 3. The molecule has 28 heavy (non-hydrogen) atoms. The van der Waals surface area contributed by atoms with Crippen molar-refractivity contribution in [3.8, 4) is 11.5 Å². The van der Waals surface area contributed by atoms with Crippen LogP contribution < -0.4 is 14.8 Å². The van der Waals surface area contributed by atoms with Gasteiger partial charge >= 0.3 is 0 Å². The van der Waals surface area contributed by atoms with Crippen LogP contribution in [0.5, 0.6) is 11.5 Å². The molecule has 0 radical (unpaired) electrons. The van der Waals surface area contributed by atoms with Crippen molar-refractivity contribution < 1.29 is 13.9 Å². The van der Waals surface area contributed by atoms with Gasteiger partial charge in [0.15, 0.2) is 11.5 Å². The molecule has 0 saturated heterocycles. The number of nitrogens with one attached hydrogen (secondary N) is 2. The lowest BCUT2D eigenvalue weighted by Crippen LogP contribution is -2.30. The quantitative estimate of drug-likeness (QED) is 0.684. The van der Waals surface area contributed by atoms with Crippen LogP contribution in [0, 0.1) is 5.82 Å². The van der Waals surface area contributed by atoms with Crippen LogP contribution in [0.2, 0.25) is 0 Å². The maximum absolute atomic E-state index is 13.7. The van der Waals surface area contributed by atoms with Crippen LogP contribution >= 0.6 is 0 Å². The lowest BCUT2D eigenvalue weighted by molar-refractivity contribution is 0.250. The number of hydrogen-bond donors (Lipinski definition) is 2. The predicted molar refractivity (Wildman–Crippen MR) is 109 cm³/mol. The van der Waals surface area contributed by atoms with Gasteiger partial charge in [-0.05, 0) is 62.0 Å². The fraction of sp³-hybridized carbons (Fsp3) is 0.364. The first kappa shape index (κ1) is 18.8. The van der Waals surface area contributed by atoms with E-state index >= 15 is 0 Å². The zero-order valence-electron chi connectivity index (χ0n) is 16.5. The van der Waals surface area contributed by atoms with Crippen molar-refractivity contribution in [3.63, 3.8) is 0 Å². The van der Waals surface area contributed by atoms with Gasteiger partial charge in [0.2, 0.25) is 0 Å². The first-order valence-corrected chi connectivity index (χ1v) is 9.55. The Hall–Kier alpha value is -2.57. The molecule has 0 fully saturated rings. The Morgan fingerprint density at radius 1 is 1.14 bits per heavy atom. The minimum Gasteiger partial charge on any atom is -0.493 e. The molecule has 2 N–H and O–H groups in total. The number of aromatic nitrogens is 1. The molecule has 0 spiro atoms. The van der Waals surface area contributed by atoms with Gasteiger partial charge in [0.25, 0.3) is 0 Å². The Bertz CT molecular complexity index is 983. The van der Waals surface area contributed by atoms with Crippen LogP contribution in [0.4, 0.5) is 4.39 Å². The van der Waals surface area contributed by atoms with Crippen molar-refractivity contribution >= 4 is 10.9 Å².